The molecule has 0 N–H and O–H groups in total. The summed E-state index contributed by atoms with van der Waals surface area (Å²) in [5.41, 5.74) is 3.09. The summed E-state index contributed by atoms with van der Waals surface area (Å²) >= 11 is 0. The van der Waals surface area contributed by atoms with Crippen molar-refractivity contribution < 1.29 is 14.5 Å². The van der Waals surface area contributed by atoms with Crippen LogP contribution in [0.2, 0.25) is 0 Å². The van der Waals surface area contributed by atoms with E-state index in [1.54, 1.807) is 31.4 Å². The van der Waals surface area contributed by atoms with Crippen LogP contribution in [0, 0.1) is 10.1 Å². The van der Waals surface area contributed by atoms with Crippen LogP contribution in [0.3, 0.4) is 0 Å². The van der Waals surface area contributed by atoms with Crippen molar-refractivity contribution >= 4 is 17.5 Å². The van der Waals surface area contributed by atoms with Gasteiger partial charge in [-0.3, -0.25) is 14.9 Å². The number of benzene rings is 3. The van der Waals surface area contributed by atoms with E-state index in [-0.39, 0.29) is 10.7 Å². The minimum Gasteiger partial charge on any atom is -0.497 e. The topological polar surface area (TPSA) is 72.7 Å². The first kappa shape index (κ1) is 20.0. The Bertz CT molecular complexity index is 1190. The first-order valence-corrected chi connectivity index (χ1v) is 10.5. The Morgan fingerprint density at radius 1 is 0.969 bits per heavy atom. The van der Waals surface area contributed by atoms with Crippen LogP contribution in [0.5, 0.6) is 5.75 Å². The van der Waals surface area contributed by atoms with Gasteiger partial charge in [0.2, 0.25) is 6.04 Å². The minimum absolute atomic E-state index is 0.138. The van der Waals surface area contributed by atoms with Gasteiger partial charge in [-0.15, -0.1) is 0 Å². The molecule has 0 spiro atoms. The van der Waals surface area contributed by atoms with Crippen LogP contribution in [0.15, 0.2) is 84.9 Å². The van der Waals surface area contributed by atoms with Crippen molar-refractivity contribution in [3.8, 4) is 5.75 Å². The van der Waals surface area contributed by atoms with Crippen molar-refractivity contribution in [2.45, 2.75) is 24.0 Å². The summed E-state index contributed by atoms with van der Waals surface area (Å²) in [5, 5.41) is 12.4. The molecule has 3 aromatic carbocycles. The number of nitrogens with zero attached hydrogens (tertiary/aromatic N) is 2. The second-order valence-electron chi connectivity index (χ2n) is 8.07. The summed E-state index contributed by atoms with van der Waals surface area (Å²) in [5.74, 6) is -0.0811. The zero-order valence-corrected chi connectivity index (χ0v) is 17.5. The summed E-state index contributed by atoms with van der Waals surface area (Å²) < 4.78 is 5.23. The Morgan fingerprint density at radius 3 is 2.34 bits per heavy atom. The fraction of sp³-hybridized carbons (Fsp3) is 0.192. The molecular formula is C26H22N2O4. The molecule has 2 heterocycles. The van der Waals surface area contributed by atoms with Gasteiger partial charge in [0.25, 0.3) is 0 Å². The van der Waals surface area contributed by atoms with Gasteiger partial charge in [0.15, 0.2) is 5.78 Å². The zero-order chi connectivity index (χ0) is 22.2. The average molecular weight is 426 g/mol. The number of anilines is 1. The van der Waals surface area contributed by atoms with Crippen molar-refractivity contribution in [1.82, 2.24) is 0 Å². The van der Waals surface area contributed by atoms with E-state index in [2.05, 4.69) is 0 Å². The van der Waals surface area contributed by atoms with Gasteiger partial charge in [0.05, 0.1) is 13.0 Å². The number of ketones is 1. The molecule has 5 rings (SSSR count). The smallest absolute Gasteiger partial charge is 0.245 e. The third-order valence-corrected chi connectivity index (χ3v) is 6.44. The summed E-state index contributed by atoms with van der Waals surface area (Å²) in [7, 11) is 1.57. The van der Waals surface area contributed by atoms with Gasteiger partial charge in [-0.25, -0.2) is 0 Å². The number of nitro groups is 1. The summed E-state index contributed by atoms with van der Waals surface area (Å²) in [6.07, 6.45) is 3.79. The van der Waals surface area contributed by atoms with Crippen LogP contribution in [0.4, 0.5) is 5.69 Å². The molecule has 0 saturated carbocycles. The first-order valence-electron chi connectivity index (χ1n) is 10.5. The van der Waals surface area contributed by atoms with Gasteiger partial charge >= 0.3 is 0 Å². The predicted molar refractivity (Wildman–Crippen MR) is 123 cm³/mol. The average Bonchev–Trinajstić information content (AvgIpc) is 3.20. The lowest BCUT2D eigenvalue weighted by Gasteiger charge is -2.34. The SMILES string of the molecule is COc1ccc(C(=O)[C@@H]2[C@H](c3ccccc3)[C@H]([N+](=O)[O-])[C@H]3C=Cc4ccccc4N32)cc1. The monoisotopic (exact) mass is 426 g/mol. The number of hydrogen-bond acceptors (Lipinski definition) is 5. The fourth-order valence-electron chi connectivity index (χ4n) is 5.03. The van der Waals surface area contributed by atoms with E-state index in [0.717, 1.165) is 16.8 Å². The molecule has 0 radical (unpaired) electrons. The molecule has 0 aliphatic carbocycles. The molecule has 6 nitrogen and oxygen atoms in total. The van der Waals surface area contributed by atoms with Gasteiger partial charge in [-0.05, 0) is 41.5 Å². The number of ether oxygens (including phenoxy) is 1. The zero-order valence-electron chi connectivity index (χ0n) is 17.5. The molecule has 0 unspecified atom stereocenters. The second-order valence-corrected chi connectivity index (χ2v) is 8.07. The molecule has 160 valence electrons. The number of hydrogen-bond donors (Lipinski definition) is 0. The number of methoxy groups -OCH3 is 1. The summed E-state index contributed by atoms with van der Waals surface area (Å²) in [6, 6.07) is 21.9. The summed E-state index contributed by atoms with van der Waals surface area (Å²) in [4.78, 5) is 28.0. The van der Waals surface area contributed by atoms with Gasteiger partial charge in [-0.2, -0.15) is 0 Å². The Balaban J connectivity index is 1.69. The number of rotatable bonds is 5. The van der Waals surface area contributed by atoms with Crippen LogP contribution in [0.25, 0.3) is 6.08 Å². The highest BCUT2D eigenvalue weighted by molar-refractivity contribution is 6.04. The van der Waals surface area contributed by atoms with Gasteiger partial charge in [0, 0.05) is 16.2 Å². The van der Waals surface area contributed by atoms with E-state index in [9.17, 15) is 14.9 Å². The van der Waals surface area contributed by atoms with E-state index in [0.29, 0.717) is 11.3 Å². The number of fused-ring (bicyclic) bond motifs is 3. The Kier molecular flexibility index (Phi) is 4.98. The second kappa shape index (κ2) is 7.96. The van der Waals surface area contributed by atoms with Crippen LogP contribution < -0.4 is 9.64 Å². The van der Waals surface area contributed by atoms with Crippen molar-refractivity contribution in [2.24, 2.45) is 0 Å². The van der Waals surface area contributed by atoms with Gasteiger partial charge in [-0.1, -0.05) is 60.7 Å². The molecule has 0 bridgehead atoms. The van der Waals surface area contributed by atoms with Gasteiger partial charge < -0.3 is 9.64 Å². The Hall–Kier alpha value is -3.93. The maximum atomic E-state index is 13.9. The first-order chi connectivity index (χ1) is 15.6. The molecule has 1 saturated heterocycles. The number of Topliss-reactive ketones (excluding diaryl/α,β-unsaturated/α-hetero) is 1. The maximum Gasteiger partial charge on any atom is 0.245 e. The molecule has 0 aromatic heterocycles. The minimum atomic E-state index is -0.950. The van der Waals surface area contributed by atoms with Crippen LogP contribution in [0.1, 0.15) is 27.4 Å². The number of carbonyl (C=O) groups excluding carboxylic acids is 1. The predicted octanol–water partition coefficient (Wildman–Crippen LogP) is 4.59. The lowest BCUT2D eigenvalue weighted by Crippen LogP contribution is -2.44. The highest BCUT2D eigenvalue weighted by atomic mass is 16.6. The van der Waals surface area contributed by atoms with Gasteiger partial charge in [0.1, 0.15) is 17.8 Å². The molecule has 2 aliphatic heterocycles. The third kappa shape index (κ3) is 3.15. The number of para-hydroxylation sites is 1. The van der Waals surface area contributed by atoms with Crippen molar-refractivity contribution in [3.05, 3.63) is 112 Å². The Morgan fingerprint density at radius 2 is 1.66 bits per heavy atom. The quantitative estimate of drug-likeness (QED) is 0.339. The highest BCUT2D eigenvalue weighted by Crippen LogP contribution is 2.46. The molecule has 0 amide bonds. The molecule has 3 aromatic rings. The van der Waals surface area contributed by atoms with E-state index < -0.39 is 24.0 Å². The molecular weight excluding hydrogens is 404 g/mol. The highest BCUT2D eigenvalue weighted by Gasteiger charge is 2.58. The maximum absolute atomic E-state index is 13.9. The van der Waals surface area contributed by atoms with E-state index in [1.165, 1.54) is 0 Å². The third-order valence-electron chi connectivity index (χ3n) is 6.44. The summed E-state index contributed by atoms with van der Waals surface area (Å²) in [6.45, 7) is 0. The standard InChI is InChI=1S/C26H22N2O4/c1-32-20-14-11-19(12-15-20)26(29)25-23(18-8-3-2-4-9-18)24(28(30)31)22-16-13-17-7-5-6-10-21(17)27(22)25/h2-16,22-25H,1H3/t22-,23-,24-,25+/m1/s1. The van der Waals surface area contributed by atoms with Crippen LogP contribution in [-0.2, 0) is 0 Å². The van der Waals surface area contributed by atoms with E-state index >= 15 is 0 Å². The van der Waals surface area contributed by atoms with E-state index in [1.807, 2.05) is 71.6 Å². The molecule has 4 atom stereocenters. The van der Waals surface area contributed by atoms with Crippen LogP contribution in [-0.4, -0.2) is 35.9 Å². The lowest BCUT2D eigenvalue weighted by atomic mass is 9.84. The van der Waals surface area contributed by atoms with Crippen LogP contribution >= 0.6 is 0 Å². The Labute approximate surface area is 185 Å². The van der Waals surface area contributed by atoms with Crippen molar-refractivity contribution in [3.63, 3.8) is 0 Å². The normalized spacial score (nSPS) is 23.3. The van der Waals surface area contributed by atoms with Crippen molar-refractivity contribution in [2.75, 3.05) is 12.0 Å². The molecule has 6 heteroatoms. The molecule has 2 aliphatic rings. The lowest BCUT2D eigenvalue weighted by molar-refractivity contribution is -0.524. The fourth-order valence-corrected chi connectivity index (χ4v) is 5.03. The number of carbonyl (C=O) groups is 1. The van der Waals surface area contributed by atoms with E-state index in [4.69, 9.17) is 4.74 Å². The largest absolute Gasteiger partial charge is 0.497 e. The molecule has 32 heavy (non-hydrogen) atoms. The molecule has 1 fully saturated rings. The van der Waals surface area contributed by atoms with Crippen molar-refractivity contribution in [1.29, 1.82) is 0 Å².